The van der Waals surface area contributed by atoms with Crippen LogP contribution >= 0.6 is 0 Å². The van der Waals surface area contributed by atoms with Gasteiger partial charge in [-0.1, -0.05) is 19.9 Å². The number of fused-ring (bicyclic) bond motifs is 1. The molecule has 1 aliphatic rings. The Morgan fingerprint density at radius 3 is 2.62 bits per heavy atom. The first-order chi connectivity index (χ1) is 11.4. The number of urea groups is 1. The van der Waals surface area contributed by atoms with Gasteiger partial charge < -0.3 is 19.9 Å². The third-order valence-corrected chi connectivity index (χ3v) is 3.42. The van der Waals surface area contributed by atoms with Gasteiger partial charge in [0.05, 0.1) is 0 Å². The standard InChI is InChI=1S/C16H20N2O6/c1-9(2)14(15(20)18-16(17)21)24-13(19)6-4-10-3-5-11-12(7-10)23-8-22-11/h3,5,7,9,14H,4,6,8H2,1-2H3,(H3,17,18,20,21). The Morgan fingerprint density at radius 1 is 1.25 bits per heavy atom. The molecule has 1 aliphatic heterocycles. The highest BCUT2D eigenvalue weighted by Gasteiger charge is 2.27. The zero-order valence-corrected chi connectivity index (χ0v) is 13.5. The average molecular weight is 336 g/mol. The van der Waals surface area contributed by atoms with Crippen molar-refractivity contribution in [1.82, 2.24) is 5.32 Å². The second-order valence-electron chi connectivity index (χ2n) is 5.70. The Bertz CT molecular complexity index is 643. The maximum Gasteiger partial charge on any atom is 0.318 e. The molecule has 1 aromatic rings. The van der Waals surface area contributed by atoms with Gasteiger partial charge in [0.25, 0.3) is 5.91 Å². The number of esters is 1. The van der Waals surface area contributed by atoms with E-state index in [-0.39, 0.29) is 19.1 Å². The van der Waals surface area contributed by atoms with Gasteiger partial charge in [0.15, 0.2) is 17.6 Å². The zero-order chi connectivity index (χ0) is 17.7. The number of hydrogen-bond acceptors (Lipinski definition) is 6. The maximum absolute atomic E-state index is 12.0. The minimum atomic E-state index is -1.07. The molecule has 3 N–H and O–H groups in total. The van der Waals surface area contributed by atoms with Crippen LogP contribution in [0.1, 0.15) is 25.8 Å². The van der Waals surface area contributed by atoms with E-state index in [9.17, 15) is 14.4 Å². The molecule has 0 aliphatic carbocycles. The number of amides is 3. The van der Waals surface area contributed by atoms with Crippen LogP contribution in [0, 0.1) is 5.92 Å². The Balaban J connectivity index is 1.89. The summed E-state index contributed by atoms with van der Waals surface area (Å²) in [5.41, 5.74) is 5.80. The van der Waals surface area contributed by atoms with Gasteiger partial charge in [-0.25, -0.2) is 4.79 Å². The summed E-state index contributed by atoms with van der Waals surface area (Å²) in [6.07, 6.45) is -0.550. The van der Waals surface area contributed by atoms with Crippen LogP contribution in [0.4, 0.5) is 4.79 Å². The van der Waals surface area contributed by atoms with E-state index in [2.05, 4.69) is 0 Å². The van der Waals surface area contributed by atoms with Crippen molar-refractivity contribution in [2.75, 3.05) is 6.79 Å². The molecular weight excluding hydrogens is 316 g/mol. The van der Waals surface area contributed by atoms with Crippen molar-refractivity contribution in [2.45, 2.75) is 32.8 Å². The Morgan fingerprint density at radius 2 is 1.96 bits per heavy atom. The first-order valence-electron chi connectivity index (χ1n) is 7.55. The van der Waals surface area contributed by atoms with Crippen LogP contribution < -0.4 is 20.5 Å². The largest absolute Gasteiger partial charge is 0.454 e. The topological polar surface area (TPSA) is 117 Å². The second kappa shape index (κ2) is 7.67. The first-order valence-corrected chi connectivity index (χ1v) is 7.55. The van der Waals surface area contributed by atoms with Gasteiger partial charge in [-0.05, 0) is 30.0 Å². The van der Waals surface area contributed by atoms with E-state index in [0.717, 1.165) is 5.56 Å². The van der Waals surface area contributed by atoms with Gasteiger partial charge in [0.1, 0.15) is 0 Å². The molecule has 1 unspecified atom stereocenters. The number of nitrogens with two attached hydrogens (primary N) is 1. The average Bonchev–Trinajstić information content (AvgIpc) is 2.97. The Kier molecular flexibility index (Phi) is 5.62. The summed E-state index contributed by atoms with van der Waals surface area (Å²) >= 11 is 0. The molecule has 8 nitrogen and oxygen atoms in total. The van der Waals surface area contributed by atoms with Crippen molar-refractivity contribution in [3.05, 3.63) is 23.8 Å². The molecule has 130 valence electrons. The Hall–Kier alpha value is -2.77. The molecule has 0 aromatic heterocycles. The summed E-state index contributed by atoms with van der Waals surface area (Å²) in [5, 5.41) is 1.92. The van der Waals surface area contributed by atoms with Gasteiger partial charge in [0.2, 0.25) is 6.79 Å². The van der Waals surface area contributed by atoms with E-state index in [0.29, 0.717) is 17.9 Å². The summed E-state index contributed by atoms with van der Waals surface area (Å²) in [5.74, 6) is -0.246. The van der Waals surface area contributed by atoms with Gasteiger partial charge in [0, 0.05) is 6.42 Å². The highest BCUT2D eigenvalue weighted by Crippen LogP contribution is 2.32. The van der Waals surface area contributed by atoms with Crippen LogP contribution in [0.15, 0.2) is 18.2 Å². The number of ether oxygens (including phenoxy) is 3. The van der Waals surface area contributed by atoms with Crippen molar-refractivity contribution in [1.29, 1.82) is 0 Å². The number of rotatable bonds is 6. The fourth-order valence-corrected chi connectivity index (χ4v) is 2.23. The molecule has 0 saturated carbocycles. The van der Waals surface area contributed by atoms with E-state index in [1.165, 1.54) is 0 Å². The number of nitrogens with one attached hydrogen (secondary N) is 1. The van der Waals surface area contributed by atoms with E-state index >= 15 is 0 Å². The van der Waals surface area contributed by atoms with Crippen molar-refractivity contribution in [2.24, 2.45) is 11.7 Å². The SMILES string of the molecule is CC(C)C(OC(=O)CCc1ccc2c(c1)OCO2)C(=O)NC(N)=O. The maximum atomic E-state index is 12.0. The van der Waals surface area contributed by atoms with Crippen LogP contribution in [-0.4, -0.2) is 30.8 Å². The normalized spacial score (nSPS) is 13.5. The predicted molar refractivity (Wildman–Crippen MR) is 83.3 cm³/mol. The fraction of sp³-hybridized carbons (Fsp3) is 0.438. The van der Waals surface area contributed by atoms with Gasteiger partial charge in [-0.15, -0.1) is 0 Å². The summed E-state index contributed by atoms with van der Waals surface area (Å²) in [6, 6.07) is 4.43. The van der Waals surface area contributed by atoms with Crippen LogP contribution in [0.3, 0.4) is 0 Å². The molecule has 8 heteroatoms. The van der Waals surface area contributed by atoms with Crippen LogP contribution in [0.5, 0.6) is 11.5 Å². The van der Waals surface area contributed by atoms with Crippen molar-refractivity contribution in [3.8, 4) is 11.5 Å². The van der Waals surface area contributed by atoms with Crippen molar-refractivity contribution in [3.63, 3.8) is 0 Å². The van der Waals surface area contributed by atoms with E-state index in [4.69, 9.17) is 19.9 Å². The molecule has 1 aromatic carbocycles. The van der Waals surface area contributed by atoms with E-state index in [1.54, 1.807) is 26.0 Å². The molecule has 0 spiro atoms. The monoisotopic (exact) mass is 336 g/mol. The van der Waals surface area contributed by atoms with Gasteiger partial charge in [-0.3, -0.25) is 14.9 Å². The number of aryl methyl sites for hydroxylation is 1. The molecule has 2 rings (SSSR count). The van der Waals surface area contributed by atoms with Crippen LogP contribution in [-0.2, 0) is 20.7 Å². The molecule has 24 heavy (non-hydrogen) atoms. The lowest BCUT2D eigenvalue weighted by Gasteiger charge is -2.19. The number of hydrogen-bond donors (Lipinski definition) is 2. The third kappa shape index (κ3) is 4.61. The van der Waals surface area contributed by atoms with E-state index in [1.807, 2.05) is 11.4 Å². The highest BCUT2D eigenvalue weighted by atomic mass is 16.7. The highest BCUT2D eigenvalue weighted by molar-refractivity contribution is 5.96. The van der Waals surface area contributed by atoms with Crippen LogP contribution in [0.25, 0.3) is 0 Å². The molecule has 0 saturated heterocycles. The fourth-order valence-electron chi connectivity index (χ4n) is 2.23. The summed E-state index contributed by atoms with van der Waals surface area (Å²) < 4.78 is 15.7. The molecule has 1 heterocycles. The van der Waals surface area contributed by atoms with E-state index < -0.39 is 24.0 Å². The van der Waals surface area contributed by atoms with Gasteiger partial charge >= 0.3 is 12.0 Å². The number of imide groups is 1. The lowest BCUT2D eigenvalue weighted by atomic mass is 10.1. The quantitative estimate of drug-likeness (QED) is 0.752. The summed E-state index contributed by atoms with van der Waals surface area (Å²) in [7, 11) is 0. The molecular formula is C16H20N2O6. The number of primary amides is 1. The predicted octanol–water partition coefficient (Wildman–Crippen LogP) is 1.11. The van der Waals surface area contributed by atoms with Gasteiger partial charge in [-0.2, -0.15) is 0 Å². The van der Waals surface area contributed by atoms with Crippen molar-refractivity contribution >= 4 is 17.9 Å². The molecule has 3 amide bonds. The molecule has 0 bridgehead atoms. The molecule has 1 atom stereocenters. The summed E-state index contributed by atoms with van der Waals surface area (Å²) in [6.45, 7) is 3.60. The number of carbonyl (C=O) groups is 3. The first kappa shape index (κ1) is 17.6. The molecule has 0 radical (unpaired) electrons. The Labute approximate surface area is 139 Å². The lowest BCUT2D eigenvalue weighted by Crippen LogP contribution is -2.45. The molecule has 0 fully saturated rings. The lowest BCUT2D eigenvalue weighted by molar-refractivity contribution is -0.158. The summed E-state index contributed by atoms with van der Waals surface area (Å²) in [4.78, 5) is 34.5. The second-order valence-corrected chi connectivity index (χ2v) is 5.70. The minimum absolute atomic E-state index is 0.0900. The zero-order valence-electron chi connectivity index (χ0n) is 13.5. The number of carbonyl (C=O) groups excluding carboxylic acids is 3. The van der Waals surface area contributed by atoms with Crippen LogP contribution in [0.2, 0.25) is 0 Å². The number of benzene rings is 1. The van der Waals surface area contributed by atoms with Crippen molar-refractivity contribution < 1.29 is 28.6 Å². The smallest absolute Gasteiger partial charge is 0.318 e. The minimum Gasteiger partial charge on any atom is -0.454 e. The third-order valence-electron chi connectivity index (χ3n) is 3.42.